The molecular formula is C8H10ClNO. The first kappa shape index (κ1) is 8.34. The van der Waals surface area contributed by atoms with Gasteiger partial charge in [0.1, 0.15) is 10.9 Å². The SMILES string of the molecule is CC(C)Oc1ccnc(Cl)c1. The van der Waals surface area contributed by atoms with Crippen molar-refractivity contribution in [3.63, 3.8) is 0 Å². The molecule has 0 aliphatic carbocycles. The van der Waals surface area contributed by atoms with Crippen LogP contribution in [0.4, 0.5) is 0 Å². The smallest absolute Gasteiger partial charge is 0.132 e. The summed E-state index contributed by atoms with van der Waals surface area (Å²) in [6.07, 6.45) is 1.80. The lowest BCUT2D eigenvalue weighted by Crippen LogP contribution is -2.05. The summed E-state index contributed by atoms with van der Waals surface area (Å²) in [5.41, 5.74) is 0. The minimum Gasteiger partial charge on any atom is -0.491 e. The van der Waals surface area contributed by atoms with Crippen LogP contribution in [0, 0.1) is 0 Å². The molecule has 0 saturated carbocycles. The van der Waals surface area contributed by atoms with Crippen molar-refractivity contribution in [1.29, 1.82) is 0 Å². The largest absolute Gasteiger partial charge is 0.491 e. The van der Waals surface area contributed by atoms with Crippen molar-refractivity contribution >= 4 is 11.6 Å². The Bertz CT molecular complexity index is 237. The third kappa shape index (κ3) is 2.76. The van der Waals surface area contributed by atoms with E-state index in [-0.39, 0.29) is 6.10 Å². The third-order valence-corrected chi connectivity index (χ3v) is 1.28. The first-order valence-corrected chi connectivity index (χ1v) is 3.84. The van der Waals surface area contributed by atoms with E-state index in [0.717, 1.165) is 5.75 Å². The van der Waals surface area contributed by atoms with E-state index in [4.69, 9.17) is 16.3 Å². The molecule has 2 nitrogen and oxygen atoms in total. The van der Waals surface area contributed by atoms with E-state index < -0.39 is 0 Å². The molecule has 60 valence electrons. The predicted molar refractivity (Wildman–Crippen MR) is 45.0 cm³/mol. The molecule has 11 heavy (non-hydrogen) atoms. The summed E-state index contributed by atoms with van der Waals surface area (Å²) < 4.78 is 5.37. The lowest BCUT2D eigenvalue weighted by atomic mass is 10.4. The minimum atomic E-state index is 0.175. The molecule has 0 unspecified atom stereocenters. The van der Waals surface area contributed by atoms with E-state index in [1.165, 1.54) is 0 Å². The van der Waals surface area contributed by atoms with E-state index in [1.807, 2.05) is 13.8 Å². The lowest BCUT2D eigenvalue weighted by molar-refractivity contribution is 0.242. The molecule has 0 aromatic carbocycles. The number of hydrogen-bond donors (Lipinski definition) is 0. The van der Waals surface area contributed by atoms with Crippen LogP contribution in [0.25, 0.3) is 0 Å². The molecule has 0 saturated heterocycles. The van der Waals surface area contributed by atoms with E-state index in [2.05, 4.69) is 4.98 Å². The minimum absolute atomic E-state index is 0.175. The monoisotopic (exact) mass is 171 g/mol. The fraction of sp³-hybridized carbons (Fsp3) is 0.375. The first-order valence-electron chi connectivity index (χ1n) is 3.46. The fourth-order valence-corrected chi connectivity index (χ4v) is 0.894. The maximum Gasteiger partial charge on any atom is 0.132 e. The Morgan fingerprint density at radius 3 is 2.82 bits per heavy atom. The first-order chi connectivity index (χ1) is 5.18. The number of pyridine rings is 1. The Kier molecular flexibility index (Phi) is 2.71. The summed E-state index contributed by atoms with van der Waals surface area (Å²) in [5, 5.41) is 0.461. The van der Waals surface area contributed by atoms with Crippen molar-refractivity contribution in [3.05, 3.63) is 23.5 Å². The highest BCUT2D eigenvalue weighted by atomic mass is 35.5. The van der Waals surface area contributed by atoms with Crippen LogP contribution in [0.3, 0.4) is 0 Å². The topological polar surface area (TPSA) is 22.1 Å². The van der Waals surface area contributed by atoms with Crippen LogP contribution >= 0.6 is 11.6 Å². The second kappa shape index (κ2) is 3.58. The van der Waals surface area contributed by atoms with Crippen molar-refractivity contribution in [2.75, 3.05) is 0 Å². The number of hydrogen-bond acceptors (Lipinski definition) is 2. The molecule has 0 amide bonds. The summed E-state index contributed by atoms with van der Waals surface area (Å²) in [6, 6.07) is 3.48. The van der Waals surface area contributed by atoms with Gasteiger partial charge in [0.15, 0.2) is 0 Å². The normalized spacial score (nSPS) is 10.2. The lowest BCUT2D eigenvalue weighted by Gasteiger charge is -2.08. The standard InChI is InChI=1S/C8H10ClNO/c1-6(2)11-7-3-4-10-8(9)5-7/h3-6H,1-2H3. The van der Waals surface area contributed by atoms with Gasteiger partial charge in [0.05, 0.1) is 6.10 Å². The average Bonchev–Trinajstić information content (AvgIpc) is 1.85. The van der Waals surface area contributed by atoms with Gasteiger partial charge in [-0.3, -0.25) is 0 Å². The van der Waals surface area contributed by atoms with Crippen molar-refractivity contribution in [1.82, 2.24) is 4.98 Å². The van der Waals surface area contributed by atoms with Gasteiger partial charge in [0.2, 0.25) is 0 Å². The summed E-state index contributed by atoms with van der Waals surface area (Å²) in [7, 11) is 0. The zero-order valence-electron chi connectivity index (χ0n) is 6.54. The van der Waals surface area contributed by atoms with E-state index in [9.17, 15) is 0 Å². The Hall–Kier alpha value is -0.760. The number of aromatic nitrogens is 1. The van der Waals surface area contributed by atoms with Crippen molar-refractivity contribution in [2.45, 2.75) is 20.0 Å². The molecule has 1 aromatic heterocycles. The van der Waals surface area contributed by atoms with Gasteiger partial charge in [-0.1, -0.05) is 11.6 Å². The van der Waals surface area contributed by atoms with Crippen LogP contribution in [0.1, 0.15) is 13.8 Å². The van der Waals surface area contributed by atoms with Gasteiger partial charge in [0, 0.05) is 12.3 Å². The quantitative estimate of drug-likeness (QED) is 0.638. The maximum absolute atomic E-state index is 5.64. The number of halogens is 1. The Labute approximate surface area is 71.2 Å². The second-order valence-corrected chi connectivity index (χ2v) is 2.87. The molecule has 1 aromatic rings. The molecule has 0 N–H and O–H groups in total. The van der Waals surface area contributed by atoms with Gasteiger partial charge in [-0.2, -0.15) is 0 Å². The fourth-order valence-electron chi connectivity index (χ4n) is 0.730. The zero-order chi connectivity index (χ0) is 8.27. The van der Waals surface area contributed by atoms with Crippen LogP contribution < -0.4 is 4.74 Å². The average molecular weight is 172 g/mol. The van der Waals surface area contributed by atoms with Gasteiger partial charge in [-0.05, 0) is 19.9 Å². The molecule has 0 fully saturated rings. The highest BCUT2D eigenvalue weighted by molar-refractivity contribution is 6.29. The summed E-state index contributed by atoms with van der Waals surface area (Å²) in [4.78, 5) is 3.83. The van der Waals surface area contributed by atoms with Crippen molar-refractivity contribution < 1.29 is 4.74 Å². The Morgan fingerprint density at radius 2 is 2.27 bits per heavy atom. The van der Waals surface area contributed by atoms with Gasteiger partial charge in [-0.15, -0.1) is 0 Å². The second-order valence-electron chi connectivity index (χ2n) is 2.48. The van der Waals surface area contributed by atoms with Crippen LogP contribution in [0.15, 0.2) is 18.3 Å². The van der Waals surface area contributed by atoms with Gasteiger partial charge >= 0.3 is 0 Å². The summed E-state index contributed by atoms with van der Waals surface area (Å²) in [5.74, 6) is 0.764. The Morgan fingerprint density at radius 1 is 1.55 bits per heavy atom. The molecule has 0 aliphatic rings. The van der Waals surface area contributed by atoms with Crippen molar-refractivity contribution in [2.24, 2.45) is 0 Å². The summed E-state index contributed by atoms with van der Waals surface area (Å²) in [6.45, 7) is 3.93. The molecule has 1 rings (SSSR count). The molecule has 0 radical (unpaired) electrons. The molecule has 0 atom stereocenters. The van der Waals surface area contributed by atoms with Crippen LogP contribution in [-0.2, 0) is 0 Å². The van der Waals surface area contributed by atoms with Gasteiger partial charge < -0.3 is 4.74 Å². The van der Waals surface area contributed by atoms with E-state index >= 15 is 0 Å². The molecule has 1 heterocycles. The molecule has 0 spiro atoms. The van der Waals surface area contributed by atoms with Gasteiger partial charge in [0.25, 0.3) is 0 Å². The number of ether oxygens (including phenoxy) is 1. The molecular weight excluding hydrogens is 162 g/mol. The third-order valence-electron chi connectivity index (χ3n) is 1.07. The zero-order valence-corrected chi connectivity index (χ0v) is 7.30. The van der Waals surface area contributed by atoms with Crippen molar-refractivity contribution in [3.8, 4) is 5.75 Å². The highest BCUT2D eigenvalue weighted by Gasteiger charge is 1.97. The van der Waals surface area contributed by atoms with Crippen LogP contribution in [-0.4, -0.2) is 11.1 Å². The molecule has 3 heteroatoms. The van der Waals surface area contributed by atoms with Crippen LogP contribution in [0.2, 0.25) is 5.15 Å². The summed E-state index contributed by atoms with van der Waals surface area (Å²) >= 11 is 5.64. The molecule has 0 bridgehead atoms. The highest BCUT2D eigenvalue weighted by Crippen LogP contribution is 2.15. The predicted octanol–water partition coefficient (Wildman–Crippen LogP) is 2.52. The molecule has 0 aliphatic heterocycles. The maximum atomic E-state index is 5.64. The number of rotatable bonds is 2. The van der Waals surface area contributed by atoms with E-state index in [1.54, 1.807) is 18.3 Å². The number of nitrogens with zero attached hydrogens (tertiary/aromatic N) is 1. The van der Waals surface area contributed by atoms with E-state index in [0.29, 0.717) is 5.15 Å². The van der Waals surface area contributed by atoms with Crippen LogP contribution in [0.5, 0.6) is 5.75 Å². The van der Waals surface area contributed by atoms with Gasteiger partial charge in [-0.25, -0.2) is 4.98 Å². The Balaban J connectivity index is 2.71.